The van der Waals surface area contributed by atoms with Crippen molar-refractivity contribution in [3.05, 3.63) is 168 Å². The summed E-state index contributed by atoms with van der Waals surface area (Å²) in [5, 5.41) is 14.6. The number of fused-ring (bicyclic) bond motifs is 9. The van der Waals surface area contributed by atoms with Crippen molar-refractivity contribution in [3.8, 4) is 39.7 Å². The SMILES string of the molecule is CC1(C)c2ccccc2-c2cc3c(cc21)c1cc(C#N)ccc1n3-c1cccc(-c2cccc(-n3c4ccccc4c4ccccc43)c2)c1. The largest absolute Gasteiger partial charge is 0.309 e. The smallest absolute Gasteiger partial charge is 0.0991 e. The molecular formula is C46H31N3. The fourth-order valence-electron chi connectivity index (χ4n) is 8.41. The van der Waals surface area contributed by atoms with Gasteiger partial charge in [0.05, 0.1) is 33.7 Å². The molecule has 7 aromatic carbocycles. The fraction of sp³-hybridized carbons (Fsp3) is 0.0652. The minimum absolute atomic E-state index is 0.108. The molecule has 0 saturated carbocycles. The maximum atomic E-state index is 9.86. The van der Waals surface area contributed by atoms with E-state index in [1.54, 1.807) is 0 Å². The number of nitriles is 1. The molecule has 0 unspecified atom stereocenters. The normalized spacial score (nSPS) is 13.2. The topological polar surface area (TPSA) is 33.6 Å². The molecule has 0 bridgehead atoms. The summed E-state index contributed by atoms with van der Waals surface area (Å²) < 4.78 is 4.75. The van der Waals surface area contributed by atoms with Crippen molar-refractivity contribution in [1.29, 1.82) is 5.26 Å². The van der Waals surface area contributed by atoms with Crippen LogP contribution in [-0.4, -0.2) is 9.13 Å². The first-order chi connectivity index (χ1) is 24.0. The van der Waals surface area contributed by atoms with Crippen LogP contribution in [0.1, 0.15) is 30.5 Å². The van der Waals surface area contributed by atoms with Crippen molar-refractivity contribution in [1.82, 2.24) is 9.13 Å². The molecule has 0 saturated heterocycles. The molecule has 2 aromatic heterocycles. The first kappa shape index (κ1) is 27.7. The quantitative estimate of drug-likeness (QED) is 0.192. The van der Waals surface area contributed by atoms with Crippen LogP contribution in [0.2, 0.25) is 0 Å². The molecule has 2 heterocycles. The predicted molar refractivity (Wildman–Crippen MR) is 203 cm³/mol. The van der Waals surface area contributed by atoms with E-state index < -0.39 is 0 Å². The van der Waals surface area contributed by atoms with Gasteiger partial charge < -0.3 is 9.13 Å². The summed E-state index contributed by atoms with van der Waals surface area (Å²) in [4.78, 5) is 0. The Labute approximate surface area is 284 Å². The number of hydrogen-bond acceptors (Lipinski definition) is 1. The number of hydrogen-bond donors (Lipinski definition) is 0. The van der Waals surface area contributed by atoms with Gasteiger partial charge in [0.15, 0.2) is 0 Å². The molecule has 0 radical (unpaired) electrons. The van der Waals surface area contributed by atoms with E-state index in [4.69, 9.17) is 0 Å². The summed E-state index contributed by atoms with van der Waals surface area (Å²) in [5.41, 5.74) is 15.0. The van der Waals surface area contributed by atoms with Gasteiger partial charge in [0, 0.05) is 38.3 Å². The number of aromatic nitrogens is 2. The molecule has 0 N–H and O–H groups in total. The van der Waals surface area contributed by atoms with Gasteiger partial charge in [0.2, 0.25) is 0 Å². The summed E-state index contributed by atoms with van der Waals surface area (Å²) in [5.74, 6) is 0. The highest BCUT2D eigenvalue weighted by Gasteiger charge is 2.36. The molecule has 0 spiro atoms. The van der Waals surface area contributed by atoms with E-state index in [0.717, 1.165) is 38.9 Å². The molecule has 0 atom stereocenters. The van der Waals surface area contributed by atoms with Gasteiger partial charge in [0.25, 0.3) is 0 Å². The van der Waals surface area contributed by atoms with Gasteiger partial charge >= 0.3 is 0 Å². The zero-order valence-electron chi connectivity index (χ0n) is 27.3. The highest BCUT2D eigenvalue weighted by atomic mass is 15.0. The lowest BCUT2D eigenvalue weighted by molar-refractivity contribution is 0.661. The van der Waals surface area contributed by atoms with E-state index >= 15 is 0 Å². The maximum absolute atomic E-state index is 9.86. The minimum Gasteiger partial charge on any atom is -0.309 e. The summed E-state index contributed by atoms with van der Waals surface area (Å²) in [6, 6.07) is 57.0. The zero-order chi connectivity index (χ0) is 32.9. The summed E-state index contributed by atoms with van der Waals surface area (Å²) in [7, 11) is 0. The lowest BCUT2D eigenvalue weighted by Crippen LogP contribution is -2.14. The highest BCUT2D eigenvalue weighted by molar-refractivity contribution is 6.12. The van der Waals surface area contributed by atoms with Crippen LogP contribution in [0.5, 0.6) is 0 Å². The van der Waals surface area contributed by atoms with Gasteiger partial charge in [-0.2, -0.15) is 5.26 Å². The molecule has 0 aliphatic heterocycles. The summed E-state index contributed by atoms with van der Waals surface area (Å²) >= 11 is 0. The minimum atomic E-state index is -0.108. The van der Waals surface area contributed by atoms with E-state index in [1.165, 1.54) is 49.4 Å². The molecule has 3 nitrogen and oxygen atoms in total. The van der Waals surface area contributed by atoms with E-state index in [-0.39, 0.29) is 5.41 Å². The monoisotopic (exact) mass is 625 g/mol. The second kappa shape index (κ2) is 10.1. The van der Waals surface area contributed by atoms with Gasteiger partial charge in [-0.25, -0.2) is 0 Å². The van der Waals surface area contributed by atoms with Crippen molar-refractivity contribution in [2.24, 2.45) is 0 Å². The van der Waals surface area contributed by atoms with Crippen LogP contribution in [0, 0.1) is 11.3 Å². The molecule has 10 rings (SSSR count). The third-order valence-electron chi connectivity index (χ3n) is 10.7. The van der Waals surface area contributed by atoms with Crippen LogP contribution in [-0.2, 0) is 5.41 Å². The van der Waals surface area contributed by atoms with Crippen LogP contribution in [0.4, 0.5) is 0 Å². The second-order valence-electron chi connectivity index (χ2n) is 13.7. The maximum Gasteiger partial charge on any atom is 0.0991 e. The first-order valence-electron chi connectivity index (χ1n) is 16.8. The Morgan fingerprint density at radius 2 is 1.02 bits per heavy atom. The Hall–Kier alpha value is -6.37. The average Bonchev–Trinajstić information content (AvgIpc) is 3.74. The van der Waals surface area contributed by atoms with Gasteiger partial charge in [0.1, 0.15) is 0 Å². The second-order valence-corrected chi connectivity index (χ2v) is 13.7. The van der Waals surface area contributed by atoms with Crippen molar-refractivity contribution in [2.75, 3.05) is 0 Å². The number of benzene rings is 7. The molecule has 3 heteroatoms. The van der Waals surface area contributed by atoms with Crippen molar-refractivity contribution in [3.63, 3.8) is 0 Å². The Kier molecular flexibility index (Phi) is 5.69. The standard InChI is InChI=1S/C46H31N3/c1-46(2)40-18-6-3-15-34(40)37-27-45-39(26-41(37)46)38-23-29(28-47)21-22-44(38)49(45)33-14-10-12-31(25-33)30-11-9-13-32(24-30)48-42-19-7-4-16-35(42)36-17-5-8-20-43(36)48/h3-27H,1-2H3. The van der Waals surface area contributed by atoms with Crippen molar-refractivity contribution >= 4 is 43.6 Å². The Morgan fingerprint density at radius 1 is 0.449 bits per heavy atom. The Morgan fingerprint density at radius 3 is 1.69 bits per heavy atom. The molecule has 9 aromatic rings. The Balaban J connectivity index is 1.18. The third kappa shape index (κ3) is 3.89. The van der Waals surface area contributed by atoms with E-state index in [2.05, 4.69) is 175 Å². The lowest BCUT2D eigenvalue weighted by Gasteiger charge is -2.21. The predicted octanol–water partition coefficient (Wildman–Crippen LogP) is 11.7. The number of para-hydroxylation sites is 2. The fourth-order valence-corrected chi connectivity index (χ4v) is 8.41. The molecule has 1 aliphatic carbocycles. The first-order valence-corrected chi connectivity index (χ1v) is 16.8. The van der Waals surface area contributed by atoms with Crippen LogP contribution >= 0.6 is 0 Å². The van der Waals surface area contributed by atoms with E-state index in [1.807, 2.05) is 6.07 Å². The van der Waals surface area contributed by atoms with E-state index in [9.17, 15) is 5.26 Å². The number of nitrogens with zero attached hydrogens (tertiary/aromatic N) is 3. The highest BCUT2D eigenvalue weighted by Crippen LogP contribution is 2.51. The molecule has 0 fully saturated rings. The summed E-state index contributed by atoms with van der Waals surface area (Å²) in [6.07, 6.45) is 0. The van der Waals surface area contributed by atoms with Gasteiger partial charge in [-0.05, 0) is 100 Å². The van der Waals surface area contributed by atoms with Crippen molar-refractivity contribution < 1.29 is 0 Å². The van der Waals surface area contributed by atoms with Crippen LogP contribution < -0.4 is 0 Å². The van der Waals surface area contributed by atoms with Gasteiger partial charge in [-0.3, -0.25) is 0 Å². The summed E-state index contributed by atoms with van der Waals surface area (Å²) in [6.45, 7) is 4.64. The molecule has 1 aliphatic rings. The zero-order valence-corrected chi connectivity index (χ0v) is 27.3. The Bertz CT molecular complexity index is 2820. The molecular weight excluding hydrogens is 595 g/mol. The lowest BCUT2D eigenvalue weighted by atomic mass is 9.82. The molecule has 0 amide bonds. The van der Waals surface area contributed by atoms with Gasteiger partial charge in [-0.15, -0.1) is 0 Å². The van der Waals surface area contributed by atoms with Crippen molar-refractivity contribution in [2.45, 2.75) is 19.3 Å². The molecule has 230 valence electrons. The van der Waals surface area contributed by atoms with Crippen LogP contribution in [0.25, 0.3) is 77.2 Å². The van der Waals surface area contributed by atoms with Crippen LogP contribution in [0.15, 0.2) is 152 Å². The van der Waals surface area contributed by atoms with Gasteiger partial charge in [-0.1, -0.05) is 98.8 Å². The third-order valence-corrected chi connectivity index (χ3v) is 10.7. The average molecular weight is 626 g/mol. The molecule has 49 heavy (non-hydrogen) atoms. The van der Waals surface area contributed by atoms with Crippen LogP contribution in [0.3, 0.4) is 0 Å². The number of rotatable bonds is 3. The van der Waals surface area contributed by atoms with E-state index in [0.29, 0.717) is 5.56 Å².